The summed E-state index contributed by atoms with van der Waals surface area (Å²) in [6.45, 7) is 7.14. The second-order valence-electron chi connectivity index (χ2n) is 4.30. The van der Waals surface area contributed by atoms with E-state index in [1.54, 1.807) is 11.3 Å². The Balaban J connectivity index is 2.01. The van der Waals surface area contributed by atoms with Crippen LogP contribution in [-0.2, 0) is 13.1 Å². The van der Waals surface area contributed by atoms with Crippen LogP contribution in [0.1, 0.15) is 29.5 Å². The molecule has 0 spiro atoms. The highest BCUT2D eigenvalue weighted by atomic mass is 79.9. The van der Waals surface area contributed by atoms with Gasteiger partial charge in [0, 0.05) is 22.7 Å². The molecule has 5 heteroatoms. The van der Waals surface area contributed by atoms with Crippen LogP contribution >= 0.6 is 27.3 Å². The summed E-state index contributed by atoms with van der Waals surface area (Å²) in [5, 5.41) is 7.88. The first-order valence-corrected chi connectivity index (χ1v) is 7.78. The van der Waals surface area contributed by atoms with Crippen LogP contribution in [0.5, 0.6) is 0 Å². The van der Waals surface area contributed by atoms with E-state index in [2.05, 4.69) is 57.0 Å². The Morgan fingerprint density at radius 1 is 1.44 bits per heavy atom. The molecule has 2 heterocycles. The van der Waals surface area contributed by atoms with Crippen LogP contribution in [0.15, 0.2) is 22.1 Å². The maximum atomic E-state index is 4.47. The maximum absolute atomic E-state index is 4.47. The number of aromatic nitrogens is 2. The third-order valence-electron chi connectivity index (χ3n) is 2.88. The minimum Gasteiger partial charge on any atom is -0.313 e. The molecule has 0 saturated carbocycles. The number of nitrogens with zero attached hydrogens (tertiary/aromatic N) is 2. The van der Waals surface area contributed by atoms with Gasteiger partial charge in [0.15, 0.2) is 0 Å². The van der Waals surface area contributed by atoms with E-state index >= 15 is 0 Å². The largest absolute Gasteiger partial charge is 0.313 e. The van der Waals surface area contributed by atoms with E-state index < -0.39 is 0 Å². The van der Waals surface area contributed by atoms with Crippen molar-refractivity contribution < 1.29 is 0 Å². The monoisotopic (exact) mass is 327 g/mol. The molecule has 0 saturated heterocycles. The van der Waals surface area contributed by atoms with E-state index in [4.69, 9.17) is 0 Å². The van der Waals surface area contributed by atoms with Crippen LogP contribution in [-0.4, -0.2) is 16.3 Å². The van der Waals surface area contributed by atoms with E-state index in [1.165, 1.54) is 19.9 Å². The Bertz CT molecular complexity index is 504. The molecule has 0 unspecified atom stereocenters. The van der Waals surface area contributed by atoms with Gasteiger partial charge in [0.05, 0.1) is 16.5 Å². The van der Waals surface area contributed by atoms with Gasteiger partial charge in [-0.2, -0.15) is 5.10 Å². The predicted molar refractivity (Wildman–Crippen MR) is 80.1 cm³/mol. The Hall–Kier alpha value is -0.650. The Morgan fingerprint density at radius 2 is 2.28 bits per heavy atom. The average Bonchev–Trinajstić information content (AvgIpc) is 2.90. The number of hydrogen-bond acceptors (Lipinski definition) is 3. The zero-order chi connectivity index (χ0) is 13.0. The summed E-state index contributed by atoms with van der Waals surface area (Å²) < 4.78 is 3.24. The zero-order valence-electron chi connectivity index (χ0n) is 10.7. The van der Waals surface area contributed by atoms with Gasteiger partial charge in [-0.3, -0.25) is 4.68 Å². The molecule has 2 aromatic heterocycles. The number of halogens is 1. The van der Waals surface area contributed by atoms with Gasteiger partial charge in [-0.1, -0.05) is 6.92 Å². The Labute approximate surface area is 120 Å². The number of nitrogens with one attached hydrogen (secondary N) is 1. The summed E-state index contributed by atoms with van der Waals surface area (Å²) in [6.07, 6.45) is 3.14. The summed E-state index contributed by atoms with van der Waals surface area (Å²) in [5.74, 6) is 0. The minimum atomic E-state index is 0.857. The van der Waals surface area contributed by atoms with Crippen molar-refractivity contribution in [1.29, 1.82) is 0 Å². The van der Waals surface area contributed by atoms with Crippen molar-refractivity contribution in [2.24, 2.45) is 0 Å². The van der Waals surface area contributed by atoms with Crippen LogP contribution in [0, 0.1) is 6.92 Å². The van der Waals surface area contributed by atoms with Gasteiger partial charge in [-0.25, -0.2) is 0 Å². The van der Waals surface area contributed by atoms with Gasteiger partial charge in [0.25, 0.3) is 0 Å². The second-order valence-corrected chi connectivity index (χ2v) is 6.84. The molecule has 0 radical (unpaired) electrons. The molecule has 0 aliphatic carbocycles. The highest BCUT2D eigenvalue weighted by Crippen LogP contribution is 2.23. The molecule has 98 valence electrons. The molecule has 2 aromatic rings. The van der Waals surface area contributed by atoms with Gasteiger partial charge in [0.1, 0.15) is 0 Å². The summed E-state index contributed by atoms with van der Waals surface area (Å²) in [6, 6.07) is 4.23. The lowest BCUT2D eigenvalue weighted by molar-refractivity contribution is 0.655. The van der Waals surface area contributed by atoms with Crippen LogP contribution in [0.4, 0.5) is 0 Å². The van der Waals surface area contributed by atoms with Crippen LogP contribution in [0.25, 0.3) is 0 Å². The van der Waals surface area contributed by atoms with Crippen molar-refractivity contribution in [2.45, 2.75) is 33.4 Å². The lowest BCUT2D eigenvalue weighted by Gasteiger charge is -2.05. The maximum Gasteiger partial charge on any atom is 0.0755 e. The third kappa shape index (κ3) is 3.43. The first-order chi connectivity index (χ1) is 8.70. The van der Waals surface area contributed by atoms with E-state index in [-0.39, 0.29) is 0 Å². The number of rotatable bonds is 6. The molecule has 0 atom stereocenters. The van der Waals surface area contributed by atoms with Gasteiger partial charge < -0.3 is 5.32 Å². The summed E-state index contributed by atoms with van der Waals surface area (Å²) >= 11 is 5.25. The van der Waals surface area contributed by atoms with Crippen LogP contribution in [0.2, 0.25) is 0 Å². The first-order valence-electron chi connectivity index (χ1n) is 6.17. The van der Waals surface area contributed by atoms with Crippen LogP contribution < -0.4 is 5.32 Å². The van der Waals surface area contributed by atoms with Crippen molar-refractivity contribution in [3.05, 3.63) is 38.3 Å². The molecule has 2 rings (SSSR count). The topological polar surface area (TPSA) is 29.9 Å². The second kappa shape index (κ2) is 6.50. The highest BCUT2D eigenvalue weighted by molar-refractivity contribution is 9.11. The van der Waals surface area contributed by atoms with Gasteiger partial charge in [-0.05, 0) is 48.0 Å². The smallest absolute Gasteiger partial charge is 0.0755 e. The molecule has 0 bridgehead atoms. The quantitative estimate of drug-likeness (QED) is 0.822. The van der Waals surface area contributed by atoms with E-state index in [0.29, 0.717) is 0 Å². The average molecular weight is 328 g/mol. The molecule has 1 N–H and O–H groups in total. The molecule has 0 aliphatic rings. The van der Waals surface area contributed by atoms with E-state index in [1.807, 2.05) is 6.20 Å². The molecular weight excluding hydrogens is 310 g/mol. The Morgan fingerprint density at radius 3 is 2.94 bits per heavy atom. The fraction of sp³-hybridized carbons (Fsp3) is 0.462. The fourth-order valence-electron chi connectivity index (χ4n) is 1.80. The molecule has 0 aliphatic heterocycles. The lowest BCUT2D eigenvalue weighted by Crippen LogP contribution is -2.14. The summed E-state index contributed by atoms with van der Waals surface area (Å²) in [5.41, 5.74) is 2.54. The molecule has 3 nitrogen and oxygen atoms in total. The minimum absolute atomic E-state index is 0.857. The van der Waals surface area contributed by atoms with Gasteiger partial charge in [0.2, 0.25) is 0 Å². The molecule has 0 aromatic carbocycles. The van der Waals surface area contributed by atoms with Crippen molar-refractivity contribution in [1.82, 2.24) is 15.1 Å². The molecular formula is C13H18BrN3S. The first kappa shape index (κ1) is 13.8. The van der Waals surface area contributed by atoms with Gasteiger partial charge >= 0.3 is 0 Å². The van der Waals surface area contributed by atoms with Crippen molar-refractivity contribution in [3.8, 4) is 0 Å². The standard InChI is InChI=1S/C13H18BrN3S/c1-3-6-15-7-11-8-16-17(10(11)2)9-12-4-5-13(14)18-12/h4-5,8,15H,3,6-7,9H2,1-2H3. The van der Waals surface area contributed by atoms with Crippen molar-refractivity contribution in [3.63, 3.8) is 0 Å². The van der Waals surface area contributed by atoms with Gasteiger partial charge in [-0.15, -0.1) is 11.3 Å². The number of thiophene rings is 1. The molecule has 0 fully saturated rings. The summed E-state index contributed by atoms with van der Waals surface area (Å²) in [7, 11) is 0. The van der Waals surface area contributed by atoms with Crippen LogP contribution in [0.3, 0.4) is 0 Å². The predicted octanol–water partition coefficient (Wildman–Crippen LogP) is 3.56. The lowest BCUT2D eigenvalue weighted by atomic mass is 10.2. The summed E-state index contributed by atoms with van der Waals surface area (Å²) in [4.78, 5) is 1.32. The molecule has 0 amide bonds. The SMILES string of the molecule is CCCNCc1cnn(Cc2ccc(Br)s2)c1C. The highest BCUT2D eigenvalue weighted by Gasteiger charge is 2.07. The zero-order valence-corrected chi connectivity index (χ0v) is 13.1. The third-order valence-corrected chi connectivity index (χ3v) is 4.49. The van der Waals surface area contributed by atoms with Crippen molar-refractivity contribution in [2.75, 3.05) is 6.54 Å². The Kier molecular flexibility index (Phi) is 4.97. The van der Waals surface area contributed by atoms with E-state index in [0.717, 1.165) is 26.1 Å². The number of hydrogen-bond donors (Lipinski definition) is 1. The van der Waals surface area contributed by atoms with Crippen molar-refractivity contribution >= 4 is 27.3 Å². The molecule has 18 heavy (non-hydrogen) atoms. The normalized spacial score (nSPS) is 11.1. The van der Waals surface area contributed by atoms with E-state index in [9.17, 15) is 0 Å². The fourth-order valence-corrected chi connectivity index (χ4v) is 3.27.